The predicted octanol–water partition coefficient (Wildman–Crippen LogP) is 5.45. The molecule has 0 saturated heterocycles. The number of aryl methyl sites for hydroxylation is 1. The Hall–Kier alpha value is -2.01. The molecule has 2 aromatic carbocycles. The summed E-state index contributed by atoms with van der Waals surface area (Å²) in [5.74, 6) is 0.0543. The second-order valence-electron chi connectivity index (χ2n) is 5.60. The number of aromatic nitrogens is 2. The summed E-state index contributed by atoms with van der Waals surface area (Å²) in [6.45, 7) is 2.38. The van der Waals surface area contributed by atoms with E-state index in [1.54, 1.807) is 35.1 Å². The van der Waals surface area contributed by atoms with Crippen LogP contribution >= 0.6 is 34.8 Å². The van der Waals surface area contributed by atoms with Crippen LogP contribution in [0, 0.1) is 6.92 Å². The molecule has 4 nitrogen and oxygen atoms in total. The summed E-state index contributed by atoms with van der Waals surface area (Å²) in [6, 6.07) is 12.6. The fraction of sp³-hybridized carbons (Fsp3) is 0.111. The SMILES string of the molecule is Cc1cccc(C(=O)Nc2nn(Cc3ccc(Cl)c(Cl)c3)cc2Cl)c1. The Labute approximate surface area is 160 Å². The van der Waals surface area contributed by atoms with Crippen molar-refractivity contribution in [1.82, 2.24) is 9.78 Å². The average Bonchev–Trinajstić information content (AvgIpc) is 2.90. The average molecular weight is 395 g/mol. The Bertz CT molecular complexity index is 937. The van der Waals surface area contributed by atoms with E-state index in [0.29, 0.717) is 33.0 Å². The summed E-state index contributed by atoms with van der Waals surface area (Å²) >= 11 is 18.1. The molecule has 0 aliphatic carbocycles. The molecule has 0 unspecified atom stereocenters. The van der Waals surface area contributed by atoms with Crippen molar-refractivity contribution in [3.63, 3.8) is 0 Å². The van der Waals surface area contributed by atoms with Crippen molar-refractivity contribution >= 4 is 46.5 Å². The summed E-state index contributed by atoms with van der Waals surface area (Å²) in [5.41, 5.74) is 2.48. The van der Waals surface area contributed by atoms with E-state index in [-0.39, 0.29) is 5.91 Å². The lowest BCUT2D eigenvalue weighted by Gasteiger charge is -2.05. The van der Waals surface area contributed by atoms with E-state index >= 15 is 0 Å². The molecule has 0 atom stereocenters. The second-order valence-corrected chi connectivity index (χ2v) is 6.82. The molecule has 0 aliphatic rings. The minimum absolute atomic E-state index is 0.259. The summed E-state index contributed by atoms with van der Waals surface area (Å²) < 4.78 is 1.63. The van der Waals surface area contributed by atoms with Crippen LogP contribution in [-0.4, -0.2) is 15.7 Å². The lowest BCUT2D eigenvalue weighted by molar-refractivity contribution is 0.102. The maximum Gasteiger partial charge on any atom is 0.256 e. The number of nitrogens with one attached hydrogen (secondary N) is 1. The van der Waals surface area contributed by atoms with Crippen LogP contribution in [0.25, 0.3) is 0 Å². The van der Waals surface area contributed by atoms with Gasteiger partial charge in [0.05, 0.1) is 16.6 Å². The van der Waals surface area contributed by atoms with Crippen LogP contribution in [0.15, 0.2) is 48.7 Å². The van der Waals surface area contributed by atoms with Gasteiger partial charge in [-0.05, 0) is 36.8 Å². The topological polar surface area (TPSA) is 46.9 Å². The van der Waals surface area contributed by atoms with E-state index in [9.17, 15) is 4.79 Å². The number of anilines is 1. The first-order valence-corrected chi connectivity index (χ1v) is 8.60. The number of hydrogen-bond donors (Lipinski definition) is 1. The first-order valence-electron chi connectivity index (χ1n) is 7.47. The van der Waals surface area contributed by atoms with Gasteiger partial charge in [0, 0.05) is 11.8 Å². The number of carbonyl (C=O) groups excluding carboxylic acids is 1. The van der Waals surface area contributed by atoms with Crippen LogP contribution in [0.4, 0.5) is 5.82 Å². The van der Waals surface area contributed by atoms with E-state index in [1.807, 2.05) is 25.1 Å². The fourth-order valence-corrected chi connectivity index (χ4v) is 2.87. The Balaban J connectivity index is 1.76. The Morgan fingerprint density at radius 1 is 1.08 bits per heavy atom. The minimum Gasteiger partial charge on any atom is -0.304 e. The maximum atomic E-state index is 12.3. The van der Waals surface area contributed by atoms with Crippen molar-refractivity contribution in [1.29, 1.82) is 0 Å². The summed E-state index contributed by atoms with van der Waals surface area (Å²) in [6.07, 6.45) is 1.65. The van der Waals surface area contributed by atoms with Gasteiger partial charge in [-0.2, -0.15) is 5.10 Å². The molecule has 1 aromatic heterocycles. The van der Waals surface area contributed by atoms with Crippen LogP contribution in [0.5, 0.6) is 0 Å². The Morgan fingerprint density at radius 2 is 1.88 bits per heavy atom. The second kappa shape index (κ2) is 7.48. The fourth-order valence-electron chi connectivity index (χ4n) is 2.35. The molecule has 0 fully saturated rings. The van der Waals surface area contributed by atoms with E-state index in [2.05, 4.69) is 10.4 Å². The Morgan fingerprint density at radius 3 is 2.60 bits per heavy atom. The first kappa shape index (κ1) is 17.8. The summed E-state index contributed by atoms with van der Waals surface area (Å²) in [5, 5.41) is 8.39. The molecule has 1 heterocycles. The molecule has 128 valence electrons. The van der Waals surface area contributed by atoms with Crippen LogP contribution in [0.2, 0.25) is 15.1 Å². The number of nitrogens with zero attached hydrogens (tertiary/aromatic N) is 2. The summed E-state index contributed by atoms with van der Waals surface area (Å²) in [4.78, 5) is 12.3. The number of halogens is 3. The van der Waals surface area contributed by atoms with Gasteiger partial charge in [-0.15, -0.1) is 0 Å². The molecule has 0 radical (unpaired) electrons. The molecule has 0 spiro atoms. The van der Waals surface area contributed by atoms with Gasteiger partial charge in [0.25, 0.3) is 5.91 Å². The molecule has 3 rings (SSSR count). The summed E-state index contributed by atoms with van der Waals surface area (Å²) in [7, 11) is 0. The van der Waals surface area contributed by atoms with E-state index in [0.717, 1.165) is 11.1 Å². The van der Waals surface area contributed by atoms with Gasteiger partial charge in [-0.3, -0.25) is 9.48 Å². The molecule has 1 N–H and O–H groups in total. The van der Waals surface area contributed by atoms with Gasteiger partial charge in [0.15, 0.2) is 5.82 Å². The highest BCUT2D eigenvalue weighted by molar-refractivity contribution is 6.42. The van der Waals surface area contributed by atoms with Gasteiger partial charge in [-0.1, -0.05) is 58.6 Å². The molecule has 3 aromatic rings. The molecule has 0 saturated carbocycles. The third-order valence-electron chi connectivity index (χ3n) is 3.56. The first-order chi connectivity index (χ1) is 11.9. The number of amides is 1. The van der Waals surface area contributed by atoms with Crippen molar-refractivity contribution in [2.75, 3.05) is 5.32 Å². The smallest absolute Gasteiger partial charge is 0.256 e. The molecule has 25 heavy (non-hydrogen) atoms. The van der Waals surface area contributed by atoms with Gasteiger partial charge in [0.1, 0.15) is 5.02 Å². The van der Waals surface area contributed by atoms with E-state index < -0.39 is 0 Å². The standard InChI is InChI=1S/C18H14Cl3N3O/c1-11-3-2-4-13(7-11)18(25)22-17-16(21)10-24(23-17)9-12-5-6-14(19)15(20)8-12/h2-8,10H,9H2,1H3,(H,22,23,25). The lowest BCUT2D eigenvalue weighted by Crippen LogP contribution is -2.13. The Kier molecular flexibility index (Phi) is 5.33. The lowest BCUT2D eigenvalue weighted by atomic mass is 10.1. The van der Waals surface area contributed by atoms with Gasteiger partial charge < -0.3 is 5.32 Å². The third kappa shape index (κ3) is 4.34. The minimum atomic E-state index is -0.259. The maximum absolute atomic E-state index is 12.3. The zero-order chi connectivity index (χ0) is 18.0. The number of benzene rings is 2. The van der Waals surface area contributed by atoms with Gasteiger partial charge >= 0.3 is 0 Å². The molecule has 0 bridgehead atoms. The molecular weight excluding hydrogens is 381 g/mol. The van der Waals surface area contributed by atoms with Crippen LogP contribution in [0.3, 0.4) is 0 Å². The zero-order valence-electron chi connectivity index (χ0n) is 13.3. The number of hydrogen-bond acceptors (Lipinski definition) is 2. The van der Waals surface area contributed by atoms with Crippen molar-refractivity contribution in [3.05, 3.63) is 80.4 Å². The monoisotopic (exact) mass is 393 g/mol. The van der Waals surface area contributed by atoms with Crippen LogP contribution in [-0.2, 0) is 6.54 Å². The number of rotatable bonds is 4. The third-order valence-corrected chi connectivity index (χ3v) is 4.57. The zero-order valence-corrected chi connectivity index (χ0v) is 15.5. The highest BCUT2D eigenvalue weighted by Gasteiger charge is 2.13. The van der Waals surface area contributed by atoms with Crippen LogP contribution in [0.1, 0.15) is 21.5 Å². The molecule has 1 amide bonds. The highest BCUT2D eigenvalue weighted by atomic mass is 35.5. The highest BCUT2D eigenvalue weighted by Crippen LogP contribution is 2.24. The van der Waals surface area contributed by atoms with Crippen molar-refractivity contribution in [3.8, 4) is 0 Å². The number of carbonyl (C=O) groups is 1. The molecule has 7 heteroatoms. The predicted molar refractivity (Wildman–Crippen MR) is 102 cm³/mol. The normalized spacial score (nSPS) is 10.7. The molecule has 0 aliphatic heterocycles. The van der Waals surface area contributed by atoms with Crippen molar-refractivity contribution in [2.45, 2.75) is 13.5 Å². The van der Waals surface area contributed by atoms with E-state index in [1.165, 1.54) is 0 Å². The largest absolute Gasteiger partial charge is 0.304 e. The quantitative estimate of drug-likeness (QED) is 0.639. The van der Waals surface area contributed by atoms with Crippen molar-refractivity contribution in [2.24, 2.45) is 0 Å². The van der Waals surface area contributed by atoms with Crippen molar-refractivity contribution < 1.29 is 4.79 Å². The van der Waals surface area contributed by atoms with Crippen LogP contribution < -0.4 is 5.32 Å². The van der Waals surface area contributed by atoms with Gasteiger partial charge in [-0.25, -0.2) is 0 Å². The van der Waals surface area contributed by atoms with Gasteiger partial charge in [0.2, 0.25) is 0 Å². The van der Waals surface area contributed by atoms with E-state index in [4.69, 9.17) is 34.8 Å². The molecular formula is C18H14Cl3N3O.